The standard InChI is InChI=1S/C22H24N2O5/c1-28-21-6-4-3-5-18(21)17-11-13-23(14-12-17)19-9-7-16(8-10-22(25)29-2)15-20(19)24(26)27/h3-10,15,17H,11-14H2,1-2H3/b10-8-. The quantitative estimate of drug-likeness (QED) is 0.315. The minimum atomic E-state index is -0.504. The molecule has 7 heteroatoms. The first-order valence-corrected chi connectivity index (χ1v) is 9.45. The minimum absolute atomic E-state index is 0.0350. The van der Waals surface area contributed by atoms with Gasteiger partial charge in [0.2, 0.25) is 0 Å². The van der Waals surface area contributed by atoms with E-state index >= 15 is 0 Å². The molecule has 29 heavy (non-hydrogen) atoms. The number of nitro groups is 1. The Hall–Kier alpha value is -3.35. The molecule has 3 rings (SSSR count). The van der Waals surface area contributed by atoms with Crippen LogP contribution in [-0.4, -0.2) is 38.2 Å². The van der Waals surface area contributed by atoms with E-state index < -0.39 is 5.97 Å². The molecule has 0 amide bonds. The summed E-state index contributed by atoms with van der Waals surface area (Å²) in [5.74, 6) is 0.748. The molecule has 0 aliphatic carbocycles. The number of para-hydroxylation sites is 1. The van der Waals surface area contributed by atoms with E-state index in [4.69, 9.17) is 4.74 Å². The summed E-state index contributed by atoms with van der Waals surface area (Å²) in [6, 6.07) is 13.0. The largest absolute Gasteiger partial charge is 0.496 e. The minimum Gasteiger partial charge on any atom is -0.496 e. The highest BCUT2D eigenvalue weighted by atomic mass is 16.6. The van der Waals surface area contributed by atoms with Crippen molar-refractivity contribution in [2.75, 3.05) is 32.2 Å². The van der Waals surface area contributed by atoms with Crippen molar-refractivity contribution in [2.45, 2.75) is 18.8 Å². The van der Waals surface area contributed by atoms with E-state index in [0.29, 0.717) is 17.2 Å². The molecule has 0 unspecified atom stereocenters. The number of piperidine rings is 1. The van der Waals surface area contributed by atoms with Crippen LogP contribution in [0.5, 0.6) is 5.75 Å². The highest BCUT2D eigenvalue weighted by molar-refractivity contribution is 5.87. The Kier molecular flexibility index (Phi) is 6.49. The zero-order valence-electron chi connectivity index (χ0n) is 16.5. The van der Waals surface area contributed by atoms with Crippen molar-refractivity contribution in [3.63, 3.8) is 0 Å². The van der Waals surface area contributed by atoms with Crippen molar-refractivity contribution < 1.29 is 19.2 Å². The number of hydrogen-bond acceptors (Lipinski definition) is 6. The number of esters is 1. The molecule has 0 N–H and O–H groups in total. The molecule has 0 atom stereocenters. The number of nitrogens with zero attached hydrogens (tertiary/aromatic N) is 2. The third-order valence-electron chi connectivity index (χ3n) is 5.22. The van der Waals surface area contributed by atoms with Crippen LogP contribution in [0.1, 0.15) is 29.9 Å². The summed E-state index contributed by atoms with van der Waals surface area (Å²) >= 11 is 0. The average molecular weight is 396 g/mol. The Morgan fingerprint density at radius 2 is 1.90 bits per heavy atom. The second-order valence-corrected chi connectivity index (χ2v) is 6.87. The van der Waals surface area contributed by atoms with Gasteiger partial charge in [0, 0.05) is 25.2 Å². The molecule has 0 bridgehead atoms. The third-order valence-corrected chi connectivity index (χ3v) is 5.22. The van der Waals surface area contributed by atoms with Crippen LogP contribution in [0.25, 0.3) is 6.08 Å². The zero-order chi connectivity index (χ0) is 20.8. The number of nitro benzene ring substituents is 1. The van der Waals surface area contributed by atoms with Crippen molar-refractivity contribution >= 4 is 23.4 Å². The van der Waals surface area contributed by atoms with Crippen LogP contribution in [0, 0.1) is 10.1 Å². The maximum Gasteiger partial charge on any atom is 0.330 e. The van der Waals surface area contributed by atoms with Gasteiger partial charge in [0.1, 0.15) is 11.4 Å². The normalized spacial score (nSPS) is 14.8. The Balaban J connectivity index is 1.77. The van der Waals surface area contributed by atoms with Gasteiger partial charge in [0.15, 0.2) is 0 Å². The van der Waals surface area contributed by atoms with Crippen molar-refractivity contribution in [1.29, 1.82) is 0 Å². The molecule has 7 nitrogen and oxygen atoms in total. The van der Waals surface area contributed by atoms with Gasteiger partial charge in [-0.15, -0.1) is 0 Å². The van der Waals surface area contributed by atoms with Crippen LogP contribution >= 0.6 is 0 Å². The molecule has 1 saturated heterocycles. The van der Waals surface area contributed by atoms with Crippen molar-refractivity contribution in [3.8, 4) is 5.75 Å². The van der Waals surface area contributed by atoms with E-state index in [1.54, 1.807) is 19.2 Å². The second kappa shape index (κ2) is 9.23. The molecule has 1 fully saturated rings. The summed E-state index contributed by atoms with van der Waals surface area (Å²) < 4.78 is 10.0. The Morgan fingerprint density at radius 3 is 2.55 bits per heavy atom. The Labute approximate surface area is 169 Å². The van der Waals surface area contributed by atoms with E-state index in [1.165, 1.54) is 30.9 Å². The lowest BCUT2D eigenvalue weighted by atomic mass is 9.88. The average Bonchev–Trinajstić information content (AvgIpc) is 2.77. The molecule has 0 saturated carbocycles. The lowest BCUT2D eigenvalue weighted by molar-refractivity contribution is -0.384. The fraction of sp³-hybridized carbons (Fsp3) is 0.318. The van der Waals surface area contributed by atoms with Gasteiger partial charge in [-0.25, -0.2) is 4.79 Å². The first-order valence-electron chi connectivity index (χ1n) is 9.45. The molecule has 152 valence electrons. The molecule has 2 aromatic rings. The molecule has 1 aliphatic heterocycles. The van der Waals surface area contributed by atoms with Gasteiger partial charge < -0.3 is 14.4 Å². The SMILES string of the molecule is COC(=O)/C=C\c1ccc(N2CCC(c3ccccc3OC)CC2)c([N+](=O)[O-])c1. The van der Waals surface area contributed by atoms with Crippen LogP contribution in [0.15, 0.2) is 48.5 Å². The van der Waals surface area contributed by atoms with Crippen LogP contribution in [-0.2, 0) is 9.53 Å². The number of carbonyl (C=O) groups excluding carboxylic acids is 1. The summed E-state index contributed by atoms with van der Waals surface area (Å²) in [6.45, 7) is 1.45. The van der Waals surface area contributed by atoms with Gasteiger partial charge in [-0.3, -0.25) is 10.1 Å². The first kappa shape index (κ1) is 20.4. The number of carbonyl (C=O) groups is 1. The molecule has 1 heterocycles. The summed E-state index contributed by atoms with van der Waals surface area (Å²) in [5, 5.41) is 11.6. The van der Waals surface area contributed by atoms with Crippen LogP contribution < -0.4 is 9.64 Å². The first-order chi connectivity index (χ1) is 14.0. The predicted molar refractivity (Wildman–Crippen MR) is 111 cm³/mol. The fourth-order valence-corrected chi connectivity index (χ4v) is 3.73. The smallest absolute Gasteiger partial charge is 0.330 e. The van der Waals surface area contributed by atoms with Crippen LogP contribution in [0.3, 0.4) is 0 Å². The molecular weight excluding hydrogens is 372 g/mol. The van der Waals surface area contributed by atoms with E-state index in [2.05, 4.69) is 15.7 Å². The highest BCUT2D eigenvalue weighted by Crippen LogP contribution is 2.37. The van der Waals surface area contributed by atoms with Gasteiger partial charge in [0.05, 0.1) is 19.1 Å². The van der Waals surface area contributed by atoms with Gasteiger partial charge in [0.25, 0.3) is 5.69 Å². The van der Waals surface area contributed by atoms with E-state index in [9.17, 15) is 14.9 Å². The molecule has 1 aliphatic rings. The number of ether oxygens (including phenoxy) is 2. The monoisotopic (exact) mass is 396 g/mol. The lowest BCUT2D eigenvalue weighted by Crippen LogP contribution is -2.33. The number of anilines is 1. The maximum atomic E-state index is 11.6. The maximum absolute atomic E-state index is 11.6. The Morgan fingerprint density at radius 1 is 1.17 bits per heavy atom. The van der Waals surface area contributed by atoms with Crippen molar-refractivity contribution in [2.24, 2.45) is 0 Å². The molecule has 0 spiro atoms. The lowest BCUT2D eigenvalue weighted by Gasteiger charge is -2.34. The summed E-state index contributed by atoms with van der Waals surface area (Å²) in [5.41, 5.74) is 2.40. The van der Waals surface area contributed by atoms with Crippen molar-refractivity contribution in [1.82, 2.24) is 0 Å². The number of hydrogen-bond donors (Lipinski definition) is 0. The second-order valence-electron chi connectivity index (χ2n) is 6.87. The molecule has 0 radical (unpaired) electrons. The van der Waals surface area contributed by atoms with Gasteiger partial charge in [-0.1, -0.05) is 24.3 Å². The molecule has 2 aromatic carbocycles. The highest BCUT2D eigenvalue weighted by Gasteiger charge is 2.27. The molecule has 0 aromatic heterocycles. The van der Waals surface area contributed by atoms with Crippen LogP contribution in [0.4, 0.5) is 11.4 Å². The van der Waals surface area contributed by atoms with Crippen LogP contribution in [0.2, 0.25) is 0 Å². The van der Waals surface area contributed by atoms with Crippen molar-refractivity contribution in [3.05, 3.63) is 69.8 Å². The zero-order valence-corrected chi connectivity index (χ0v) is 16.5. The number of benzene rings is 2. The van der Waals surface area contributed by atoms with E-state index in [1.807, 2.05) is 18.2 Å². The number of rotatable bonds is 6. The third kappa shape index (κ3) is 4.74. The van der Waals surface area contributed by atoms with Gasteiger partial charge in [-0.05, 0) is 48.1 Å². The number of methoxy groups -OCH3 is 2. The van der Waals surface area contributed by atoms with E-state index in [0.717, 1.165) is 31.7 Å². The topological polar surface area (TPSA) is 81.9 Å². The Bertz CT molecular complexity index is 917. The van der Waals surface area contributed by atoms with E-state index in [-0.39, 0.29) is 10.6 Å². The predicted octanol–water partition coefficient (Wildman–Crippen LogP) is 4.17. The molecular formula is C22H24N2O5. The summed E-state index contributed by atoms with van der Waals surface area (Å²) in [7, 11) is 2.96. The summed E-state index contributed by atoms with van der Waals surface area (Å²) in [6.07, 6.45) is 4.54. The summed E-state index contributed by atoms with van der Waals surface area (Å²) in [4.78, 5) is 24.6. The van der Waals surface area contributed by atoms with Gasteiger partial charge >= 0.3 is 5.97 Å². The fourth-order valence-electron chi connectivity index (χ4n) is 3.73. The van der Waals surface area contributed by atoms with Gasteiger partial charge in [-0.2, -0.15) is 0 Å².